The Balaban J connectivity index is 1.61. The zero-order chi connectivity index (χ0) is 27.0. The number of rotatable bonds is 9. The summed E-state index contributed by atoms with van der Waals surface area (Å²) in [5.41, 5.74) is -1.76. The second-order valence-corrected chi connectivity index (χ2v) is 10.6. The van der Waals surface area contributed by atoms with E-state index in [2.05, 4.69) is 13.4 Å². The van der Waals surface area contributed by atoms with Crippen LogP contribution in [0.3, 0.4) is 0 Å². The van der Waals surface area contributed by atoms with Gasteiger partial charge in [0.2, 0.25) is 0 Å². The second kappa shape index (κ2) is 11.1. The summed E-state index contributed by atoms with van der Waals surface area (Å²) < 4.78 is 60.7. The van der Waals surface area contributed by atoms with Crippen molar-refractivity contribution >= 4 is 15.6 Å². The van der Waals surface area contributed by atoms with Crippen LogP contribution in [0.5, 0.6) is 0 Å². The lowest BCUT2D eigenvalue weighted by molar-refractivity contribution is -0.277. The first-order valence-electron chi connectivity index (χ1n) is 9.94. The Bertz CT molecular complexity index is 1130. The minimum Gasteiger partial charge on any atom is -0.387 e. The van der Waals surface area contributed by atoms with Gasteiger partial charge in [-0.2, -0.15) is 4.31 Å². The lowest BCUT2D eigenvalue weighted by Crippen LogP contribution is -2.58. The van der Waals surface area contributed by atoms with Crippen LogP contribution in [0.4, 0.5) is 4.39 Å². The van der Waals surface area contributed by atoms with Crippen molar-refractivity contribution < 1.29 is 71.7 Å². The summed E-state index contributed by atoms with van der Waals surface area (Å²) in [5, 5.41) is 49.3. The normalized spacial score (nSPS) is 38.4. The van der Waals surface area contributed by atoms with Crippen LogP contribution in [0.15, 0.2) is 21.9 Å². The number of alkyl halides is 1. The van der Waals surface area contributed by atoms with E-state index in [4.69, 9.17) is 9.47 Å². The van der Waals surface area contributed by atoms with Crippen molar-refractivity contribution in [3.8, 4) is 0 Å². The average Bonchev–Trinajstić information content (AvgIpc) is 3.06. The highest BCUT2D eigenvalue weighted by Gasteiger charge is 2.49. The average molecular weight is 567 g/mol. The molecule has 206 valence electrons. The van der Waals surface area contributed by atoms with Gasteiger partial charge in [0, 0.05) is 12.3 Å². The summed E-state index contributed by atoms with van der Waals surface area (Å²) in [5.74, 6) is 0. The van der Waals surface area contributed by atoms with Gasteiger partial charge in [0.25, 0.3) is 5.56 Å². The first kappa shape index (κ1) is 29.2. The van der Waals surface area contributed by atoms with Crippen molar-refractivity contribution in [1.29, 1.82) is 0 Å². The molecule has 2 fully saturated rings. The molecule has 2 aliphatic rings. The maximum atomic E-state index is 12.9. The summed E-state index contributed by atoms with van der Waals surface area (Å²) >= 11 is 0. The number of aromatic amines is 1. The molecule has 0 spiro atoms. The van der Waals surface area contributed by atoms with Crippen LogP contribution in [0.2, 0.25) is 0 Å². The highest BCUT2D eigenvalue weighted by molar-refractivity contribution is 7.61. The highest BCUT2D eigenvalue weighted by Crippen LogP contribution is 2.61. The van der Waals surface area contributed by atoms with Crippen molar-refractivity contribution in [2.45, 2.75) is 55.2 Å². The van der Waals surface area contributed by atoms with Gasteiger partial charge in [-0.05, 0) is 0 Å². The van der Waals surface area contributed by atoms with Crippen LogP contribution < -0.4 is 11.2 Å². The third-order valence-corrected chi connectivity index (χ3v) is 7.73. The lowest BCUT2D eigenvalue weighted by Gasteiger charge is -2.39. The molecule has 1 aromatic heterocycles. The molecule has 0 saturated carbocycles. The van der Waals surface area contributed by atoms with Crippen LogP contribution in [0, 0.1) is 0 Å². The summed E-state index contributed by atoms with van der Waals surface area (Å²) in [6.07, 6.45) is -16.0. The number of aliphatic hydroxyl groups is 5. The van der Waals surface area contributed by atoms with Gasteiger partial charge in [-0.1, -0.05) is 0 Å². The third-order valence-electron chi connectivity index (χ3n) is 5.13. The minimum atomic E-state index is -5.63. The Kier molecular flexibility index (Phi) is 9.02. The Hall–Kier alpha value is -1.41. The first-order valence-corrected chi connectivity index (χ1v) is 12.9. The molecular formula is C15H23FN2O16P2. The van der Waals surface area contributed by atoms with Crippen LogP contribution in [0.25, 0.3) is 0 Å². The number of aliphatic hydroxyl groups excluding tert-OH is 5. The number of nitrogens with one attached hydrogen (secondary N) is 1. The van der Waals surface area contributed by atoms with E-state index in [9.17, 15) is 58.4 Å². The second-order valence-electron chi connectivity index (χ2n) is 7.65. The molecule has 0 bridgehead atoms. The number of phosphoric acid groups is 2. The lowest BCUT2D eigenvalue weighted by atomic mass is 10.00. The van der Waals surface area contributed by atoms with Gasteiger partial charge in [0.1, 0.15) is 49.4 Å². The fraction of sp³-hybridized carbons (Fsp3) is 0.733. The molecule has 1 aromatic rings. The van der Waals surface area contributed by atoms with E-state index >= 15 is 0 Å². The highest BCUT2D eigenvalue weighted by atomic mass is 31.3. The van der Waals surface area contributed by atoms with E-state index in [0.29, 0.717) is 4.57 Å². The predicted octanol–water partition coefficient (Wildman–Crippen LogP) is -3.82. The van der Waals surface area contributed by atoms with Gasteiger partial charge in [0.05, 0.1) is 6.61 Å². The molecular weight excluding hydrogens is 544 g/mol. The van der Waals surface area contributed by atoms with Gasteiger partial charge < -0.3 is 44.8 Å². The number of phosphoric ester groups is 2. The summed E-state index contributed by atoms with van der Waals surface area (Å²) in [4.78, 5) is 44.4. The Morgan fingerprint density at radius 1 is 0.944 bits per heavy atom. The largest absolute Gasteiger partial charge is 0.483 e. The third kappa shape index (κ3) is 6.53. The Labute approximate surface area is 199 Å². The Morgan fingerprint density at radius 3 is 2.19 bits per heavy atom. The number of hydrogen-bond acceptors (Lipinski definition) is 14. The van der Waals surface area contributed by atoms with E-state index in [1.165, 1.54) is 0 Å². The van der Waals surface area contributed by atoms with E-state index < -0.39 is 95.4 Å². The number of H-pyrrole nitrogens is 1. The van der Waals surface area contributed by atoms with Gasteiger partial charge in [-0.15, -0.1) is 0 Å². The topological polar surface area (TPSA) is 277 Å². The molecule has 0 radical (unpaired) electrons. The molecule has 2 saturated heterocycles. The van der Waals surface area contributed by atoms with Crippen molar-refractivity contribution in [1.82, 2.24) is 9.55 Å². The molecule has 0 aliphatic carbocycles. The number of hydrogen-bond donors (Lipinski definition) is 8. The number of nitrogens with zero attached hydrogens (tertiary/aromatic N) is 1. The first-order chi connectivity index (χ1) is 16.7. The van der Waals surface area contributed by atoms with Gasteiger partial charge in [-0.25, -0.2) is 18.3 Å². The predicted molar refractivity (Wildman–Crippen MR) is 108 cm³/mol. The fourth-order valence-corrected chi connectivity index (χ4v) is 5.49. The zero-order valence-corrected chi connectivity index (χ0v) is 19.6. The summed E-state index contributed by atoms with van der Waals surface area (Å²) in [6.45, 7) is -2.44. The van der Waals surface area contributed by atoms with Crippen molar-refractivity contribution in [2.24, 2.45) is 0 Å². The summed E-state index contributed by atoms with van der Waals surface area (Å²) in [7, 11) is -11.1. The molecule has 21 heteroatoms. The molecule has 8 N–H and O–H groups in total. The number of halogens is 1. The molecule has 3 rings (SSSR count). The van der Waals surface area contributed by atoms with Crippen LogP contribution in [0.1, 0.15) is 6.23 Å². The van der Waals surface area contributed by atoms with Gasteiger partial charge in [0.15, 0.2) is 12.5 Å². The van der Waals surface area contributed by atoms with Gasteiger partial charge in [-0.3, -0.25) is 23.4 Å². The van der Waals surface area contributed by atoms with E-state index in [-0.39, 0.29) is 0 Å². The maximum Gasteiger partial charge on any atom is 0.483 e. The van der Waals surface area contributed by atoms with E-state index in [0.717, 1.165) is 12.3 Å². The van der Waals surface area contributed by atoms with Gasteiger partial charge >= 0.3 is 21.3 Å². The molecule has 3 heterocycles. The van der Waals surface area contributed by atoms with Crippen molar-refractivity contribution in [3.05, 3.63) is 33.1 Å². The molecule has 2 aliphatic heterocycles. The smallest absolute Gasteiger partial charge is 0.387 e. The molecule has 0 amide bonds. The quantitative estimate of drug-likeness (QED) is 0.133. The Morgan fingerprint density at radius 2 is 1.58 bits per heavy atom. The summed E-state index contributed by atoms with van der Waals surface area (Å²) in [6, 6.07) is 0.921. The molecule has 11 atom stereocenters. The monoisotopic (exact) mass is 567 g/mol. The van der Waals surface area contributed by atoms with Crippen molar-refractivity contribution in [2.75, 3.05) is 13.3 Å². The molecule has 18 nitrogen and oxygen atoms in total. The number of ether oxygens (including phenoxy) is 2. The zero-order valence-electron chi connectivity index (χ0n) is 17.8. The standard InChI is InChI=1S/C15H23FN2O16P2/c16-3-5-8(20)10(22)12(24)14(32-5)33-36(28,29)34-35(26,27)30-4-6-9(21)11(23)13(31-6)18-2-1-7(19)17-15(18)25/h1-2,5-6,8-14,20-24H,3-4H2,(H,26,27)(H,28,29)(H,17,19,25)/t5-,6-,8-,9-,10+,11-,12-,13-,14-/m1/s1/i16-1. The van der Waals surface area contributed by atoms with E-state index in [1.54, 1.807) is 0 Å². The molecule has 2 unspecified atom stereocenters. The van der Waals surface area contributed by atoms with Crippen LogP contribution >= 0.6 is 15.6 Å². The fourth-order valence-electron chi connectivity index (χ4n) is 3.33. The van der Waals surface area contributed by atoms with Crippen LogP contribution in [-0.4, -0.2) is 107 Å². The minimum absolute atomic E-state index is 0.714. The van der Waals surface area contributed by atoms with Crippen molar-refractivity contribution in [3.63, 3.8) is 0 Å². The SMILES string of the molecule is O=c1ccn([C@@H]2O[C@H](COP(=O)(O)OP(=O)(O)O[C@H]3O[C@H](C[18F])[C@@H](O)[C@H](O)[C@H]3O)[C@@H](O)[C@H]2O)c(=O)[nH]1. The number of aromatic nitrogens is 2. The van der Waals surface area contributed by atoms with E-state index in [1.807, 2.05) is 4.98 Å². The molecule has 36 heavy (non-hydrogen) atoms. The van der Waals surface area contributed by atoms with Crippen LogP contribution in [-0.2, 0) is 32.0 Å². The maximum absolute atomic E-state index is 12.9. The molecule has 0 aromatic carbocycles.